The summed E-state index contributed by atoms with van der Waals surface area (Å²) in [4.78, 5) is 24.7. The molecule has 126 valence electrons. The highest BCUT2D eigenvalue weighted by molar-refractivity contribution is 5.85. The lowest BCUT2D eigenvalue weighted by atomic mass is 10.1. The van der Waals surface area contributed by atoms with E-state index in [9.17, 15) is 9.59 Å². The normalized spacial score (nSPS) is 15.2. The van der Waals surface area contributed by atoms with Gasteiger partial charge in [0.25, 0.3) is 0 Å². The van der Waals surface area contributed by atoms with Gasteiger partial charge >= 0.3 is 12.1 Å². The molecule has 1 aliphatic rings. The van der Waals surface area contributed by atoms with E-state index in [2.05, 4.69) is 5.10 Å². The number of aromatic nitrogens is 2. The van der Waals surface area contributed by atoms with Gasteiger partial charge in [0.2, 0.25) is 0 Å². The summed E-state index contributed by atoms with van der Waals surface area (Å²) in [7, 11) is 0. The topological polar surface area (TPSA) is 84.7 Å². The van der Waals surface area contributed by atoms with Crippen molar-refractivity contribution in [3.63, 3.8) is 0 Å². The van der Waals surface area contributed by atoms with Crippen molar-refractivity contribution in [2.45, 2.75) is 25.5 Å². The second-order valence-electron chi connectivity index (χ2n) is 5.74. The van der Waals surface area contributed by atoms with Crippen LogP contribution in [-0.2, 0) is 11.3 Å². The maximum Gasteiger partial charge on any atom is 0.410 e. The molecule has 2 aromatic rings. The maximum atomic E-state index is 12.1. The van der Waals surface area contributed by atoms with Crippen molar-refractivity contribution in [3.05, 3.63) is 53.9 Å². The van der Waals surface area contributed by atoms with Crippen LogP contribution in [0.25, 0.3) is 0 Å². The zero-order valence-corrected chi connectivity index (χ0v) is 13.2. The lowest BCUT2D eigenvalue weighted by molar-refractivity contribution is 0.0688. The molecule has 3 rings (SSSR count). The summed E-state index contributed by atoms with van der Waals surface area (Å²) in [5.41, 5.74) is 0.998. The Morgan fingerprint density at radius 3 is 2.50 bits per heavy atom. The number of nitrogens with zero attached hydrogens (tertiary/aromatic N) is 3. The molecule has 0 atom stereocenters. The zero-order chi connectivity index (χ0) is 16.9. The molecule has 7 nitrogen and oxygen atoms in total. The van der Waals surface area contributed by atoms with Crippen LogP contribution in [0.2, 0.25) is 0 Å². The molecule has 1 aliphatic heterocycles. The molecule has 2 heterocycles. The van der Waals surface area contributed by atoms with Gasteiger partial charge in [-0.1, -0.05) is 30.3 Å². The van der Waals surface area contributed by atoms with Gasteiger partial charge in [-0.2, -0.15) is 5.10 Å². The predicted molar refractivity (Wildman–Crippen MR) is 85.7 cm³/mol. The molecule has 1 fully saturated rings. The van der Waals surface area contributed by atoms with E-state index >= 15 is 0 Å². The minimum Gasteiger partial charge on any atom is -0.476 e. The van der Waals surface area contributed by atoms with Gasteiger partial charge in [0.1, 0.15) is 6.61 Å². The van der Waals surface area contributed by atoms with Crippen LogP contribution in [0, 0.1) is 0 Å². The maximum absolute atomic E-state index is 12.1. The lowest BCUT2D eigenvalue weighted by Crippen LogP contribution is -2.39. The Balaban J connectivity index is 1.49. The molecule has 0 radical (unpaired) electrons. The third-order valence-electron chi connectivity index (χ3n) is 4.13. The summed E-state index contributed by atoms with van der Waals surface area (Å²) < 4.78 is 7.01. The SMILES string of the molecule is O=C(O)c1ccn(C2CCN(C(=O)OCc3ccccc3)CC2)n1. The second kappa shape index (κ2) is 7.16. The summed E-state index contributed by atoms with van der Waals surface area (Å²) in [5.74, 6) is -1.03. The quantitative estimate of drug-likeness (QED) is 0.932. The molecule has 0 saturated carbocycles. The Bertz CT molecular complexity index is 706. The molecule has 1 saturated heterocycles. The molecule has 1 amide bonds. The standard InChI is InChI=1S/C17H19N3O4/c21-16(22)15-8-11-20(18-15)14-6-9-19(10-7-14)17(23)24-12-13-4-2-1-3-5-13/h1-5,8,11,14H,6-7,9-10,12H2,(H,21,22). The number of ether oxygens (including phenoxy) is 1. The largest absolute Gasteiger partial charge is 0.476 e. The molecule has 0 unspecified atom stereocenters. The van der Waals surface area contributed by atoms with Gasteiger partial charge in [-0.15, -0.1) is 0 Å². The average molecular weight is 329 g/mol. The first-order valence-corrected chi connectivity index (χ1v) is 7.87. The average Bonchev–Trinajstić information content (AvgIpc) is 3.11. The summed E-state index contributed by atoms with van der Waals surface area (Å²) in [6, 6.07) is 11.2. The number of benzene rings is 1. The van der Waals surface area contributed by atoms with E-state index in [1.165, 1.54) is 6.07 Å². The van der Waals surface area contributed by atoms with Gasteiger partial charge in [0.05, 0.1) is 6.04 Å². The van der Waals surface area contributed by atoms with Crippen LogP contribution in [0.15, 0.2) is 42.6 Å². The van der Waals surface area contributed by atoms with E-state index < -0.39 is 5.97 Å². The fourth-order valence-corrected chi connectivity index (χ4v) is 2.78. The molecular formula is C17H19N3O4. The predicted octanol–water partition coefficient (Wildman–Crippen LogP) is 2.56. The van der Waals surface area contributed by atoms with E-state index in [0.29, 0.717) is 13.1 Å². The number of carboxylic acids is 1. The number of carbonyl (C=O) groups excluding carboxylic acids is 1. The van der Waals surface area contributed by atoms with Crippen LogP contribution in [0.5, 0.6) is 0 Å². The van der Waals surface area contributed by atoms with Gasteiger partial charge in [0.15, 0.2) is 5.69 Å². The fraction of sp³-hybridized carbons (Fsp3) is 0.353. The molecule has 7 heteroatoms. The van der Waals surface area contributed by atoms with E-state index in [1.54, 1.807) is 15.8 Å². The Kier molecular flexibility index (Phi) is 4.79. The fourth-order valence-electron chi connectivity index (χ4n) is 2.78. The smallest absolute Gasteiger partial charge is 0.410 e. The van der Waals surface area contributed by atoms with Gasteiger partial charge in [0, 0.05) is 19.3 Å². The van der Waals surface area contributed by atoms with Gasteiger partial charge in [-0.3, -0.25) is 4.68 Å². The third kappa shape index (κ3) is 3.73. The molecular weight excluding hydrogens is 310 g/mol. The number of piperidine rings is 1. The van der Waals surface area contributed by atoms with Crippen LogP contribution < -0.4 is 0 Å². The first-order valence-electron chi connectivity index (χ1n) is 7.87. The van der Waals surface area contributed by atoms with Crippen molar-refractivity contribution in [1.82, 2.24) is 14.7 Å². The van der Waals surface area contributed by atoms with Crippen molar-refractivity contribution >= 4 is 12.1 Å². The van der Waals surface area contributed by atoms with Crippen molar-refractivity contribution in [1.29, 1.82) is 0 Å². The Hall–Kier alpha value is -2.83. The summed E-state index contributed by atoms with van der Waals surface area (Å²) >= 11 is 0. The first-order chi connectivity index (χ1) is 11.6. The van der Waals surface area contributed by atoms with Crippen LogP contribution in [0.3, 0.4) is 0 Å². The Labute approximate surface area is 139 Å². The van der Waals surface area contributed by atoms with Crippen LogP contribution >= 0.6 is 0 Å². The summed E-state index contributed by atoms with van der Waals surface area (Å²) in [6.45, 7) is 1.40. The number of likely N-dealkylation sites (tertiary alicyclic amines) is 1. The van der Waals surface area contributed by atoms with E-state index in [0.717, 1.165) is 18.4 Å². The van der Waals surface area contributed by atoms with Crippen molar-refractivity contribution in [3.8, 4) is 0 Å². The summed E-state index contributed by atoms with van der Waals surface area (Å²) in [5, 5.41) is 13.0. The molecule has 0 spiro atoms. The van der Waals surface area contributed by atoms with Gasteiger partial charge < -0.3 is 14.7 Å². The molecule has 24 heavy (non-hydrogen) atoms. The number of carboxylic acid groups (broad SMARTS) is 1. The monoisotopic (exact) mass is 329 g/mol. The van der Waals surface area contributed by atoms with Crippen LogP contribution in [0.4, 0.5) is 4.79 Å². The Morgan fingerprint density at radius 1 is 1.17 bits per heavy atom. The molecule has 0 bridgehead atoms. The highest BCUT2D eigenvalue weighted by Crippen LogP contribution is 2.22. The first kappa shape index (κ1) is 16.0. The third-order valence-corrected chi connectivity index (χ3v) is 4.13. The molecule has 1 aromatic heterocycles. The van der Waals surface area contributed by atoms with Crippen LogP contribution in [0.1, 0.15) is 34.9 Å². The zero-order valence-electron chi connectivity index (χ0n) is 13.2. The van der Waals surface area contributed by atoms with E-state index in [-0.39, 0.29) is 24.4 Å². The Morgan fingerprint density at radius 2 is 1.88 bits per heavy atom. The van der Waals surface area contributed by atoms with Crippen LogP contribution in [-0.4, -0.2) is 44.9 Å². The molecule has 1 N–H and O–H groups in total. The second-order valence-corrected chi connectivity index (χ2v) is 5.74. The number of hydrogen-bond acceptors (Lipinski definition) is 4. The van der Waals surface area contributed by atoms with Crippen molar-refractivity contribution < 1.29 is 19.4 Å². The minimum atomic E-state index is -1.03. The van der Waals surface area contributed by atoms with Crippen molar-refractivity contribution in [2.24, 2.45) is 0 Å². The highest BCUT2D eigenvalue weighted by Gasteiger charge is 2.25. The minimum absolute atomic E-state index is 0.0414. The number of amides is 1. The summed E-state index contributed by atoms with van der Waals surface area (Å²) in [6.07, 6.45) is 2.81. The van der Waals surface area contributed by atoms with Gasteiger partial charge in [-0.25, -0.2) is 9.59 Å². The number of aromatic carboxylic acids is 1. The number of rotatable bonds is 4. The number of hydrogen-bond donors (Lipinski definition) is 1. The molecule has 0 aliphatic carbocycles. The van der Waals surface area contributed by atoms with Gasteiger partial charge in [-0.05, 0) is 24.5 Å². The van der Waals surface area contributed by atoms with E-state index in [4.69, 9.17) is 9.84 Å². The highest BCUT2D eigenvalue weighted by atomic mass is 16.6. The molecule has 1 aromatic carbocycles. The lowest BCUT2D eigenvalue weighted by Gasteiger charge is -2.31. The van der Waals surface area contributed by atoms with Crippen molar-refractivity contribution in [2.75, 3.05) is 13.1 Å². The van der Waals surface area contributed by atoms with E-state index in [1.807, 2.05) is 30.3 Å². The number of carbonyl (C=O) groups is 2.